The van der Waals surface area contributed by atoms with Gasteiger partial charge in [0.05, 0.1) is 12.7 Å². The quantitative estimate of drug-likeness (QED) is 0.292. The van der Waals surface area contributed by atoms with E-state index in [0.717, 1.165) is 42.2 Å². The van der Waals surface area contributed by atoms with E-state index in [2.05, 4.69) is 0 Å². The molecule has 32 heavy (non-hydrogen) atoms. The number of rotatable bonds is 4. The first-order chi connectivity index (χ1) is 15.3. The normalized spacial score (nSPS) is 19.6. The van der Waals surface area contributed by atoms with Gasteiger partial charge >= 0.3 is 0 Å². The maximum absolute atomic E-state index is 13.7. The summed E-state index contributed by atoms with van der Waals surface area (Å²) in [4.78, 5) is 0. The first-order valence-corrected chi connectivity index (χ1v) is 10.3. The van der Waals surface area contributed by atoms with E-state index in [0.29, 0.717) is 18.6 Å². The molecule has 1 heterocycles. The molecule has 0 amide bonds. The Bertz CT molecular complexity index is 1100. The van der Waals surface area contributed by atoms with Crippen molar-refractivity contribution in [2.45, 2.75) is 31.8 Å². The maximum atomic E-state index is 13.7. The van der Waals surface area contributed by atoms with Gasteiger partial charge in [0.15, 0.2) is 23.3 Å². The van der Waals surface area contributed by atoms with Crippen molar-refractivity contribution in [1.29, 1.82) is 0 Å². The van der Waals surface area contributed by atoms with E-state index < -0.39 is 35.2 Å². The molecule has 166 valence electrons. The molecule has 0 aliphatic carbocycles. The van der Waals surface area contributed by atoms with Gasteiger partial charge in [-0.2, -0.15) is 0 Å². The lowest BCUT2D eigenvalue weighted by atomic mass is 9.88. The van der Waals surface area contributed by atoms with Crippen molar-refractivity contribution in [3.63, 3.8) is 0 Å². The lowest BCUT2D eigenvalue weighted by Gasteiger charge is -2.30. The topological polar surface area (TPSA) is 9.23 Å². The molecule has 0 aromatic heterocycles. The summed E-state index contributed by atoms with van der Waals surface area (Å²) in [5.74, 6) is -5.50. The Labute approximate surface area is 183 Å². The Hall–Kier alpha value is -2.99. The van der Waals surface area contributed by atoms with Crippen molar-refractivity contribution in [3.05, 3.63) is 101 Å². The van der Waals surface area contributed by atoms with Crippen LogP contribution in [0.4, 0.5) is 22.0 Å². The fourth-order valence-corrected chi connectivity index (χ4v) is 3.99. The first kappa shape index (κ1) is 22.2. The van der Waals surface area contributed by atoms with E-state index in [4.69, 9.17) is 4.74 Å². The smallest absolute Gasteiger partial charge is 0.194 e. The number of allylic oxidation sites excluding steroid dienone is 1. The van der Waals surface area contributed by atoms with Gasteiger partial charge in [0.1, 0.15) is 5.83 Å². The Kier molecular flexibility index (Phi) is 6.42. The van der Waals surface area contributed by atoms with E-state index in [1.807, 2.05) is 24.3 Å². The third-order valence-electron chi connectivity index (χ3n) is 5.81. The molecule has 0 bridgehead atoms. The zero-order chi connectivity index (χ0) is 22.8. The summed E-state index contributed by atoms with van der Waals surface area (Å²) < 4.78 is 72.7. The van der Waals surface area contributed by atoms with Gasteiger partial charge in [-0.15, -0.1) is 0 Å². The average Bonchev–Trinajstić information content (AvgIpc) is 2.82. The van der Waals surface area contributed by atoms with Crippen LogP contribution in [0.15, 0.2) is 66.5 Å². The van der Waals surface area contributed by atoms with Crippen LogP contribution in [0.2, 0.25) is 0 Å². The minimum atomic E-state index is -1.48. The van der Waals surface area contributed by atoms with Crippen LogP contribution in [0, 0.1) is 17.5 Å². The lowest BCUT2D eigenvalue weighted by Crippen LogP contribution is -2.19. The van der Waals surface area contributed by atoms with Gasteiger partial charge < -0.3 is 4.74 Å². The molecule has 1 saturated heterocycles. The lowest BCUT2D eigenvalue weighted by molar-refractivity contribution is 0.00196. The molecule has 0 saturated carbocycles. The molecule has 6 heteroatoms. The second-order valence-electron chi connectivity index (χ2n) is 7.94. The van der Waals surface area contributed by atoms with Crippen molar-refractivity contribution in [2.75, 3.05) is 6.61 Å². The highest BCUT2D eigenvalue weighted by molar-refractivity contribution is 5.68. The third-order valence-corrected chi connectivity index (χ3v) is 5.81. The van der Waals surface area contributed by atoms with Gasteiger partial charge in [0.2, 0.25) is 0 Å². The Morgan fingerprint density at radius 1 is 0.781 bits per heavy atom. The van der Waals surface area contributed by atoms with Crippen LogP contribution in [0.3, 0.4) is 0 Å². The van der Waals surface area contributed by atoms with Crippen LogP contribution in [-0.2, 0) is 4.74 Å². The maximum Gasteiger partial charge on any atom is 0.194 e. The summed E-state index contributed by atoms with van der Waals surface area (Å²) in [7, 11) is 0. The molecule has 3 aromatic carbocycles. The minimum absolute atomic E-state index is 0.129. The zero-order valence-electron chi connectivity index (χ0n) is 17.3. The van der Waals surface area contributed by atoms with Crippen LogP contribution >= 0.6 is 0 Å². The molecular weight excluding hydrogens is 423 g/mol. The standard InChI is InChI=1S/C26H21F5O/c1-15(27)25(30)19-8-6-17(7-9-19)16-2-4-18(5-3-16)20-10-11-24(32-14-20)21-12-22(28)26(31)23(29)13-21/h2-9,12-13,20,24H,10-11,14H2,1H3/b25-15+. The van der Waals surface area contributed by atoms with Crippen LogP contribution in [0.25, 0.3) is 17.0 Å². The predicted octanol–water partition coefficient (Wildman–Crippen LogP) is 8.03. The average molecular weight is 444 g/mol. The van der Waals surface area contributed by atoms with Gasteiger partial charge in [-0.3, -0.25) is 0 Å². The Morgan fingerprint density at radius 3 is 1.84 bits per heavy atom. The molecular formula is C26H21F5O. The van der Waals surface area contributed by atoms with Crippen molar-refractivity contribution >= 4 is 5.83 Å². The highest BCUT2D eigenvalue weighted by Crippen LogP contribution is 2.37. The summed E-state index contributed by atoms with van der Waals surface area (Å²) in [6, 6.07) is 16.4. The van der Waals surface area contributed by atoms with Gasteiger partial charge in [0.25, 0.3) is 0 Å². The van der Waals surface area contributed by atoms with Crippen molar-refractivity contribution in [1.82, 2.24) is 0 Å². The second kappa shape index (κ2) is 9.25. The Morgan fingerprint density at radius 2 is 1.34 bits per heavy atom. The molecule has 0 N–H and O–H groups in total. The monoisotopic (exact) mass is 444 g/mol. The molecule has 1 nitrogen and oxygen atoms in total. The van der Waals surface area contributed by atoms with Gasteiger partial charge in [0, 0.05) is 11.5 Å². The van der Waals surface area contributed by atoms with E-state index in [1.165, 1.54) is 12.1 Å². The van der Waals surface area contributed by atoms with Crippen molar-refractivity contribution < 1.29 is 26.7 Å². The summed E-state index contributed by atoms with van der Waals surface area (Å²) in [5.41, 5.74) is 3.38. The van der Waals surface area contributed by atoms with E-state index in [-0.39, 0.29) is 11.5 Å². The second-order valence-corrected chi connectivity index (χ2v) is 7.94. The molecule has 1 fully saturated rings. The molecule has 1 aliphatic heterocycles. The number of benzene rings is 3. The summed E-state index contributed by atoms with van der Waals surface area (Å²) >= 11 is 0. The van der Waals surface area contributed by atoms with Gasteiger partial charge in [-0.1, -0.05) is 48.5 Å². The molecule has 4 rings (SSSR count). The molecule has 0 spiro atoms. The molecule has 1 aliphatic rings. The summed E-state index contributed by atoms with van der Waals surface area (Å²) in [5, 5.41) is 0. The largest absolute Gasteiger partial charge is 0.373 e. The Balaban J connectivity index is 1.42. The van der Waals surface area contributed by atoms with Crippen molar-refractivity contribution in [3.8, 4) is 11.1 Å². The highest BCUT2D eigenvalue weighted by atomic mass is 19.2. The van der Waals surface area contributed by atoms with Gasteiger partial charge in [-0.25, -0.2) is 22.0 Å². The van der Waals surface area contributed by atoms with E-state index in [9.17, 15) is 22.0 Å². The summed E-state index contributed by atoms with van der Waals surface area (Å²) in [6.45, 7) is 1.46. The SMILES string of the molecule is C/C(F)=C(\F)c1ccc(-c2ccc(C3CCC(c4cc(F)c(F)c(F)c4)OC3)cc2)cc1. The number of hydrogen-bond acceptors (Lipinski definition) is 1. The van der Waals surface area contributed by atoms with Crippen LogP contribution < -0.4 is 0 Å². The van der Waals surface area contributed by atoms with Crippen LogP contribution in [0.1, 0.15) is 48.5 Å². The van der Waals surface area contributed by atoms with Crippen molar-refractivity contribution in [2.24, 2.45) is 0 Å². The first-order valence-electron chi connectivity index (χ1n) is 10.3. The van der Waals surface area contributed by atoms with E-state index >= 15 is 0 Å². The fraction of sp³-hybridized carbons (Fsp3) is 0.231. The zero-order valence-corrected chi connectivity index (χ0v) is 17.3. The fourth-order valence-electron chi connectivity index (χ4n) is 3.99. The predicted molar refractivity (Wildman–Crippen MR) is 114 cm³/mol. The number of halogens is 5. The molecule has 2 unspecified atom stereocenters. The highest BCUT2D eigenvalue weighted by Gasteiger charge is 2.26. The van der Waals surface area contributed by atoms with Gasteiger partial charge in [-0.05, 0) is 54.2 Å². The molecule has 2 atom stereocenters. The summed E-state index contributed by atoms with van der Waals surface area (Å²) in [6.07, 6.45) is 0.843. The van der Waals surface area contributed by atoms with E-state index in [1.54, 1.807) is 12.1 Å². The number of ether oxygens (including phenoxy) is 1. The molecule has 0 radical (unpaired) electrons. The minimum Gasteiger partial charge on any atom is -0.373 e. The third kappa shape index (κ3) is 4.60. The van der Waals surface area contributed by atoms with Crippen LogP contribution in [-0.4, -0.2) is 6.61 Å². The molecule has 3 aromatic rings. The van der Waals surface area contributed by atoms with Crippen LogP contribution in [0.5, 0.6) is 0 Å². The number of hydrogen-bond donors (Lipinski definition) is 0.